The molecule has 8 heteroatoms. The SMILES string of the molecule is CCN1CCN(C(=O)Cn2cccnc2=O)[C@H](Cc2ccc(-c3cccs3)cc2)C1=O. The predicted molar refractivity (Wildman–Crippen MR) is 120 cm³/mol. The summed E-state index contributed by atoms with van der Waals surface area (Å²) in [6.07, 6.45) is 3.37. The Labute approximate surface area is 184 Å². The molecule has 3 heterocycles. The van der Waals surface area contributed by atoms with Crippen molar-refractivity contribution < 1.29 is 9.59 Å². The maximum absolute atomic E-state index is 13.1. The standard InChI is InChI=1S/C23H24N4O3S/c1-2-25-12-13-27(21(28)16-26-11-4-10-24-23(26)30)19(22(25)29)15-17-6-8-18(9-7-17)20-5-3-14-31-20/h3-11,14,19H,2,12-13,15-16H2,1H3/t19-/m1/s1. The molecule has 0 aliphatic carbocycles. The number of likely N-dealkylation sites (N-methyl/N-ethyl adjacent to an activating group) is 1. The van der Waals surface area contributed by atoms with Crippen LogP contribution in [0.1, 0.15) is 12.5 Å². The second-order valence-corrected chi connectivity index (χ2v) is 8.38. The van der Waals surface area contributed by atoms with E-state index in [2.05, 4.69) is 11.1 Å². The maximum atomic E-state index is 13.1. The van der Waals surface area contributed by atoms with Gasteiger partial charge in [0.05, 0.1) is 0 Å². The number of carbonyl (C=O) groups is 2. The topological polar surface area (TPSA) is 75.5 Å². The van der Waals surface area contributed by atoms with Crippen molar-refractivity contribution in [1.82, 2.24) is 19.4 Å². The molecule has 1 aliphatic rings. The fourth-order valence-corrected chi connectivity index (χ4v) is 4.60. The predicted octanol–water partition coefficient (Wildman–Crippen LogP) is 2.27. The molecule has 0 saturated carbocycles. The number of rotatable bonds is 6. The lowest BCUT2D eigenvalue weighted by Crippen LogP contribution is -2.60. The number of piperazine rings is 1. The zero-order valence-electron chi connectivity index (χ0n) is 17.3. The Morgan fingerprint density at radius 1 is 1.13 bits per heavy atom. The Kier molecular flexibility index (Phi) is 6.27. The summed E-state index contributed by atoms with van der Waals surface area (Å²) >= 11 is 1.68. The van der Waals surface area contributed by atoms with Gasteiger partial charge in [0, 0.05) is 43.3 Å². The number of carbonyl (C=O) groups excluding carboxylic acids is 2. The highest BCUT2D eigenvalue weighted by Crippen LogP contribution is 2.25. The van der Waals surface area contributed by atoms with Gasteiger partial charge in [-0.05, 0) is 35.6 Å². The Balaban J connectivity index is 1.55. The summed E-state index contributed by atoms with van der Waals surface area (Å²) < 4.78 is 1.27. The van der Waals surface area contributed by atoms with E-state index >= 15 is 0 Å². The molecule has 0 bridgehead atoms. The zero-order chi connectivity index (χ0) is 21.8. The fourth-order valence-electron chi connectivity index (χ4n) is 3.86. The second-order valence-electron chi connectivity index (χ2n) is 7.43. The normalized spacial score (nSPS) is 16.5. The van der Waals surface area contributed by atoms with Crippen LogP contribution in [0.4, 0.5) is 0 Å². The Morgan fingerprint density at radius 3 is 2.61 bits per heavy atom. The van der Waals surface area contributed by atoms with E-state index in [0.717, 1.165) is 11.1 Å². The number of nitrogens with zero attached hydrogens (tertiary/aromatic N) is 4. The molecule has 1 aromatic carbocycles. The lowest BCUT2D eigenvalue weighted by Gasteiger charge is -2.40. The van der Waals surface area contributed by atoms with Crippen LogP contribution in [0.3, 0.4) is 0 Å². The molecule has 4 rings (SSSR count). The Morgan fingerprint density at radius 2 is 1.94 bits per heavy atom. The molecule has 1 fully saturated rings. The third kappa shape index (κ3) is 4.59. The van der Waals surface area contributed by atoms with E-state index in [1.54, 1.807) is 27.2 Å². The number of benzene rings is 1. The molecule has 160 valence electrons. The summed E-state index contributed by atoms with van der Waals surface area (Å²) in [5, 5.41) is 2.04. The van der Waals surface area contributed by atoms with Crippen LogP contribution in [0.25, 0.3) is 10.4 Å². The van der Waals surface area contributed by atoms with Crippen molar-refractivity contribution in [3.63, 3.8) is 0 Å². The van der Waals surface area contributed by atoms with Crippen molar-refractivity contribution in [2.45, 2.75) is 25.9 Å². The molecule has 1 aliphatic heterocycles. The minimum Gasteiger partial charge on any atom is -0.339 e. The Hall–Kier alpha value is -3.26. The van der Waals surface area contributed by atoms with E-state index in [4.69, 9.17) is 0 Å². The average Bonchev–Trinajstić information content (AvgIpc) is 3.32. The molecule has 0 radical (unpaired) electrons. The third-order valence-corrected chi connectivity index (χ3v) is 6.48. The molecule has 1 saturated heterocycles. The molecular formula is C23H24N4O3S. The van der Waals surface area contributed by atoms with E-state index in [-0.39, 0.29) is 18.4 Å². The van der Waals surface area contributed by atoms with Gasteiger partial charge in [0.2, 0.25) is 11.8 Å². The van der Waals surface area contributed by atoms with Crippen LogP contribution in [0, 0.1) is 0 Å². The molecule has 31 heavy (non-hydrogen) atoms. The zero-order valence-corrected chi connectivity index (χ0v) is 18.1. The lowest BCUT2D eigenvalue weighted by atomic mass is 9.99. The second kappa shape index (κ2) is 9.26. The quantitative estimate of drug-likeness (QED) is 0.594. The molecule has 2 aromatic heterocycles. The first-order chi connectivity index (χ1) is 15.1. The molecule has 7 nitrogen and oxygen atoms in total. The summed E-state index contributed by atoms with van der Waals surface area (Å²) in [5.41, 5.74) is 1.65. The first kappa shape index (κ1) is 21.0. The van der Waals surface area contributed by atoms with Crippen molar-refractivity contribution in [2.24, 2.45) is 0 Å². The molecule has 3 aromatic rings. The number of aromatic nitrogens is 2. The van der Waals surface area contributed by atoms with E-state index in [1.165, 1.54) is 21.8 Å². The van der Waals surface area contributed by atoms with Gasteiger partial charge in [-0.1, -0.05) is 30.3 Å². The van der Waals surface area contributed by atoms with Crippen LogP contribution >= 0.6 is 11.3 Å². The average molecular weight is 437 g/mol. The Bertz CT molecular complexity index is 1110. The van der Waals surface area contributed by atoms with E-state index in [9.17, 15) is 14.4 Å². The molecule has 0 N–H and O–H groups in total. The molecular weight excluding hydrogens is 412 g/mol. The number of hydrogen-bond donors (Lipinski definition) is 0. The summed E-state index contributed by atoms with van der Waals surface area (Å²) in [4.78, 5) is 46.3. The van der Waals surface area contributed by atoms with Gasteiger partial charge in [0.25, 0.3) is 0 Å². The van der Waals surface area contributed by atoms with Crippen LogP contribution in [0.2, 0.25) is 0 Å². The van der Waals surface area contributed by atoms with E-state index in [0.29, 0.717) is 26.1 Å². The molecule has 0 spiro atoms. The summed E-state index contributed by atoms with van der Waals surface area (Å²) in [6.45, 7) is 3.37. The van der Waals surface area contributed by atoms with Gasteiger partial charge in [-0.25, -0.2) is 9.78 Å². The van der Waals surface area contributed by atoms with Gasteiger partial charge >= 0.3 is 5.69 Å². The number of thiophene rings is 1. The van der Waals surface area contributed by atoms with Crippen LogP contribution in [0.15, 0.2) is 65.0 Å². The minimum atomic E-state index is -0.582. The first-order valence-corrected chi connectivity index (χ1v) is 11.2. The van der Waals surface area contributed by atoms with Gasteiger partial charge in [-0.3, -0.25) is 14.2 Å². The van der Waals surface area contributed by atoms with Gasteiger partial charge in [0.15, 0.2) is 0 Å². The van der Waals surface area contributed by atoms with Gasteiger partial charge in [0.1, 0.15) is 12.6 Å². The minimum absolute atomic E-state index is 0.0528. The highest BCUT2D eigenvalue weighted by molar-refractivity contribution is 7.13. The highest BCUT2D eigenvalue weighted by Gasteiger charge is 2.36. The van der Waals surface area contributed by atoms with E-state index < -0.39 is 11.7 Å². The van der Waals surface area contributed by atoms with Crippen molar-refractivity contribution in [1.29, 1.82) is 0 Å². The smallest absolute Gasteiger partial charge is 0.339 e. The monoisotopic (exact) mass is 436 g/mol. The van der Waals surface area contributed by atoms with Crippen LogP contribution in [-0.2, 0) is 22.6 Å². The van der Waals surface area contributed by atoms with Crippen LogP contribution < -0.4 is 5.69 Å². The largest absolute Gasteiger partial charge is 0.347 e. The summed E-state index contributed by atoms with van der Waals surface area (Å²) in [6, 6.07) is 13.3. The number of hydrogen-bond acceptors (Lipinski definition) is 5. The van der Waals surface area contributed by atoms with Crippen LogP contribution in [0.5, 0.6) is 0 Å². The molecule has 2 amide bonds. The molecule has 1 atom stereocenters. The van der Waals surface area contributed by atoms with Crippen molar-refractivity contribution >= 4 is 23.2 Å². The summed E-state index contributed by atoms with van der Waals surface area (Å²) in [7, 11) is 0. The number of amides is 2. The first-order valence-electron chi connectivity index (χ1n) is 10.3. The van der Waals surface area contributed by atoms with Gasteiger partial charge in [-0.15, -0.1) is 11.3 Å². The van der Waals surface area contributed by atoms with E-state index in [1.807, 2.05) is 42.6 Å². The van der Waals surface area contributed by atoms with Crippen molar-refractivity contribution in [3.05, 3.63) is 76.3 Å². The van der Waals surface area contributed by atoms with Crippen molar-refractivity contribution in [3.8, 4) is 10.4 Å². The lowest BCUT2D eigenvalue weighted by molar-refractivity contribution is -0.151. The fraction of sp³-hybridized carbons (Fsp3) is 0.304. The van der Waals surface area contributed by atoms with Crippen molar-refractivity contribution in [2.75, 3.05) is 19.6 Å². The van der Waals surface area contributed by atoms with Crippen LogP contribution in [-0.4, -0.2) is 56.8 Å². The summed E-state index contributed by atoms with van der Waals surface area (Å²) in [5.74, 6) is -0.303. The maximum Gasteiger partial charge on any atom is 0.347 e. The van der Waals surface area contributed by atoms with Gasteiger partial charge < -0.3 is 9.80 Å². The highest BCUT2D eigenvalue weighted by atomic mass is 32.1. The molecule has 0 unspecified atom stereocenters. The third-order valence-electron chi connectivity index (χ3n) is 5.56. The van der Waals surface area contributed by atoms with Gasteiger partial charge in [-0.2, -0.15) is 0 Å².